The highest BCUT2D eigenvalue weighted by Gasteiger charge is 2.27. The Kier molecular flexibility index (Phi) is 4.47. The summed E-state index contributed by atoms with van der Waals surface area (Å²) in [6.07, 6.45) is 6.16. The van der Waals surface area contributed by atoms with Crippen LogP contribution in [0.4, 0.5) is 10.5 Å². The Morgan fingerprint density at radius 1 is 1.35 bits per heavy atom. The zero-order valence-electron chi connectivity index (χ0n) is 12.3. The van der Waals surface area contributed by atoms with E-state index in [9.17, 15) is 4.79 Å². The topological polar surface area (TPSA) is 63.2 Å². The van der Waals surface area contributed by atoms with E-state index < -0.39 is 5.60 Å². The Balaban J connectivity index is 1.77. The summed E-state index contributed by atoms with van der Waals surface area (Å²) in [6.45, 7) is 5.61. The second kappa shape index (κ2) is 6.11. The minimum atomic E-state index is -0.448. The number of carbonyl (C=O) groups is 1. The van der Waals surface area contributed by atoms with Crippen LogP contribution in [0.5, 0.6) is 0 Å². The summed E-state index contributed by atoms with van der Waals surface area (Å²) in [5.41, 5.74) is 0.575. The van der Waals surface area contributed by atoms with Crippen molar-refractivity contribution in [2.24, 2.45) is 0 Å². The summed E-state index contributed by atoms with van der Waals surface area (Å²) < 4.78 is 5.27. The highest BCUT2D eigenvalue weighted by Crippen LogP contribution is 2.23. The van der Waals surface area contributed by atoms with E-state index in [0.717, 1.165) is 24.9 Å². The first-order valence-corrected chi connectivity index (χ1v) is 7.08. The minimum Gasteiger partial charge on any atom is -0.444 e. The summed E-state index contributed by atoms with van der Waals surface area (Å²) in [5.74, 6) is 0. The number of anilines is 1. The van der Waals surface area contributed by atoms with Gasteiger partial charge in [0.15, 0.2) is 0 Å². The zero-order chi connectivity index (χ0) is 14.6. The second-order valence-corrected chi connectivity index (χ2v) is 6.24. The monoisotopic (exact) mass is 277 g/mol. The first-order chi connectivity index (χ1) is 9.42. The molecule has 1 aliphatic carbocycles. The molecule has 1 aliphatic rings. The molecule has 2 unspecified atom stereocenters. The molecule has 1 fully saturated rings. The molecule has 0 spiro atoms. The normalized spacial score (nSPS) is 22.4. The Morgan fingerprint density at radius 3 is 2.75 bits per heavy atom. The molecule has 1 heterocycles. The van der Waals surface area contributed by atoms with Gasteiger partial charge in [-0.25, -0.2) is 4.79 Å². The van der Waals surface area contributed by atoms with Crippen molar-refractivity contribution in [3.05, 3.63) is 24.5 Å². The van der Waals surface area contributed by atoms with Crippen LogP contribution in [0.3, 0.4) is 0 Å². The molecule has 110 valence electrons. The van der Waals surface area contributed by atoms with Crippen molar-refractivity contribution in [2.75, 3.05) is 5.32 Å². The largest absolute Gasteiger partial charge is 0.444 e. The summed E-state index contributed by atoms with van der Waals surface area (Å²) >= 11 is 0. The molecule has 20 heavy (non-hydrogen) atoms. The van der Waals surface area contributed by atoms with Crippen LogP contribution in [0.15, 0.2) is 24.5 Å². The fourth-order valence-electron chi connectivity index (χ4n) is 2.40. The lowest BCUT2D eigenvalue weighted by atomic mass is 10.2. The van der Waals surface area contributed by atoms with Crippen LogP contribution >= 0.6 is 0 Å². The number of nitrogens with zero attached hydrogens (tertiary/aromatic N) is 1. The average molecular weight is 277 g/mol. The summed E-state index contributed by atoms with van der Waals surface area (Å²) in [5, 5.41) is 6.37. The number of ether oxygens (including phenoxy) is 1. The molecule has 2 N–H and O–H groups in total. The predicted octanol–water partition coefficient (Wildman–Crippen LogP) is 2.94. The van der Waals surface area contributed by atoms with Crippen LogP contribution < -0.4 is 10.6 Å². The fourth-order valence-corrected chi connectivity index (χ4v) is 2.40. The number of hydrogen-bond donors (Lipinski definition) is 2. The smallest absolute Gasteiger partial charge is 0.407 e. The Labute approximate surface area is 120 Å². The SMILES string of the molecule is CC(C)(C)OC(=O)NC1CCC(Nc2cccnc2)C1. The highest BCUT2D eigenvalue weighted by atomic mass is 16.6. The molecule has 1 saturated carbocycles. The second-order valence-electron chi connectivity index (χ2n) is 6.24. The first kappa shape index (κ1) is 14.6. The van der Waals surface area contributed by atoms with Gasteiger partial charge >= 0.3 is 6.09 Å². The van der Waals surface area contributed by atoms with Crippen LogP contribution in [0.2, 0.25) is 0 Å². The maximum atomic E-state index is 11.7. The van der Waals surface area contributed by atoms with Gasteiger partial charge in [-0.05, 0) is 52.2 Å². The Morgan fingerprint density at radius 2 is 2.10 bits per heavy atom. The number of rotatable bonds is 3. The Hall–Kier alpha value is -1.78. The van der Waals surface area contributed by atoms with Crippen LogP contribution in [0.25, 0.3) is 0 Å². The van der Waals surface area contributed by atoms with E-state index >= 15 is 0 Å². The third-order valence-corrected chi connectivity index (χ3v) is 3.19. The minimum absolute atomic E-state index is 0.180. The predicted molar refractivity (Wildman–Crippen MR) is 78.7 cm³/mol. The van der Waals surface area contributed by atoms with Gasteiger partial charge in [-0.3, -0.25) is 4.98 Å². The van der Waals surface area contributed by atoms with Crippen molar-refractivity contribution in [2.45, 2.75) is 57.7 Å². The molecule has 1 aromatic rings. The van der Waals surface area contributed by atoms with Crippen molar-refractivity contribution < 1.29 is 9.53 Å². The number of amides is 1. The maximum absolute atomic E-state index is 11.7. The molecule has 5 nitrogen and oxygen atoms in total. The summed E-state index contributed by atoms with van der Waals surface area (Å²) in [7, 11) is 0. The molecule has 0 aromatic carbocycles. The average Bonchev–Trinajstić information content (AvgIpc) is 2.75. The van der Waals surface area contributed by atoms with Gasteiger partial charge in [-0.1, -0.05) is 0 Å². The molecule has 2 rings (SSSR count). The zero-order valence-corrected chi connectivity index (χ0v) is 12.3. The molecular weight excluding hydrogens is 254 g/mol. The van der Waals surface area contributed by atoms with Crippen LogP contribution in [0.1, 0.15) is 40.0 Å². The van der Waals surface area contributed by atoms with Crippen molar-refractivity contribution >= 4 is 11.8 Å². The number of aromatic nitrogens is 1. The van der Waals surface area contributed by atoms with Gasteiger partial charge in [0, 0.05) is 24.5 Å². The molecule has 1 amide bonds. The molecule has 5 heteroatoms. The number of pyridine rings is 1. The van der Waals surface area contributed by atoms with Gasteiger partial charge in [0.05, 0.1) is 5.69 Å². The first-order valence-electron chi connectivity index (χ1n) is 7.08. The number of alkyl carbamates (subject to hydrolysis) is 1. The van der Waals surface area contributed by atoms with E-state index in [1.807, 2.05) is 39.1 Å². The molecule has 2 atom stereocenters. The van der Waals surface area contributed by atoms with Crippen molar-refractivity contribution in [3.8, 4) is 0 Å². The quantitative estimate of drug-likeness (QED) is 0.891. The van der Waals surface area contributed by atoms with Crippen LogP contribution in [0, 0.1) is 0 Å². The van der Waals surface area contributed by atoms with Gasteiger partial charge < -0.3 is 15.4 Å². The summed E-state index contributed by atoms with van der Waals surface area (Å²) in [4.78, 5) is 15.8. The highest BCUT2D eigenvalue weighted by molar-refractivity contribution is 5.68. The molecule has 0 saturated heterocycles. The lowest BCUT2D eigenvalue weighted by Crippen LogP contribution is -2.38. The van der Waals surface area contributed by atoms with Crippen molar-refractivity contribution in [1.29, 1.82) is 0 Å². The van der Waals surface area contributed by atoms with Gasteiger partial charge in [-0.15, -0.1) is 0 Å². The van der Waals surface area contributed by atoms with Crippen molar-refractivity contribution in [1.82, 2.24) is 10.3 Å². The number of nitrogens with one attached hydrogen (secondary N) is 2. The molecule has 1 aromatic heterocycles. The van der Waals surface area contributed by atoms with E-state index in [2.05, 4.69) is 15.6 Å². The van der Waals surface area contributed by atoms with E-state index in [4.69, 9.17) is 4.74 Å². The lowest BCUT2D eigenvalue weighted by Gasteiger charge is -2.22. The number of carbonyl (C=O) groups excluding carboxylic acids is 1. The standard InChI is InChI=1S/C15H23N3O2/c1-15(2,3)20-14(19)18-12-7-6-11(9-12)17-13-5-4-8-16-10-13/h4-5,8,10-12,17H,6-7,9H2,1-3H3,(H,18,19). The van der Waals surface area contributed by atoms with Gasteiger partial charge in [0.2, 0.25) is 0 Å². The van der Waals surface area contributed by atoms with E-state index in [-0.39, 0.29) is 12.1 Å². The van der Waals surface area contributed by atoms with E-state index in [1.165, 1.54) is 0 Å². The molecular formula is C15H23N3O2. The van der Waals surface area contributed by atoms with Gasteiger partial charge in [-0.2, -0.15) is 0 Å². The van der Waals surface area contributed by atoms with Gasteiger partial charge in [0.1, 0.15) is 5.60 Å². The molecule has 0 aliphatic heterocycles. The summed E-state index contributed by atoms with van der Waals surface area (Å²) in [6, 6.07) is 4.47. The third kappa shape index (κ3) is 4.72. The third-order valence-electron chi connectivity index (χ3n) is 3.19. The van der Waals surface area contributed by atoms with Crippen molar-refractivity contribution in [3.63, 3.8) is 0 Å². The van der Waals surface area contributed by atoms with Crippen LogP contribution in [-0.2, 0) is 4.74 Å². The molecule has 0 radical (unpaired) electrons. The van der Waals surface area contributed by atoms with E-state index in [1.54, 1.807) is 6.20 Å². The lowest BCUT2D eigenvalue weighted by molar-refractivity contribution is 0.0505. The van der Waals surface area contributed by atoms with Crippen LogP contribution in [-0.4, -0.2) is 28.8 Å². The number of hydrogen-bond acceptors (Lipinski definition) is 4. The Bertz CT molecular complexity index is 442. The van der Waals surface area contributed by atoms with E-state index in [0.29, 0.717) is 6.04 Å². The molecule has 0 bridgehead atoms. The fraction of sp³-hybridized carbons (Fsp3) is 0.600. The maximum Gasteiger partial charge on any atom is 0.407 e. The van der Waals surface area contributed by atoms with Gasteiger partial charge in [0.25, 0.3) is 0 Å².